The fourth-order valence-electron chi connectivity index (χ4n) is 3.03. The normalized spacial score (nSPS) is 34.5. The molecular weight excluding hydrogens is 198 g/mol. The molecule has 1 N–H and O–H groups in total. The molecule has 94 valence electrons. The first-order valence-corrected chi connectivity index (χ1v) is 6.90. The molecule has 0 bridgehead atoms. The number of hydrogen-bond acceptors (Lipinski definition) is 2. The van der Waals surface area contributed by atoms with Crippen LogP contribution in [0.15, 0.2) is 0 Å². The Hall–Kier alpha value is -0.0800. The number of nitrogens with zero attached hydrogens (tertiary/aromatic N) is 1. The second-order valence-corrected chi connectivity index (χ2v) is 6.79. The molecule has 2 heteroatoms. The van der Waals surface area contributed by atoms with Crippen molar-refractivity contribution in [2.24, 2.45) is 11.3 Å². The average molecular weight is 225 g/mol. The lowest BCUT2D eigenvalue weighted by molar-refractivity contribution is -0.0520. The summed E-state index contributed by atoms with van der Waals surface area (Å²) in [6.07, 6.45) is 5.99. The van der Waals surface area contributed by atoms with E-state index >= 15 is 0 Å². The quantitative estimate of drug-likeness (QED) is 0.694. The van der Waals surface area contributed by atoms with Crippen LogP contribution >= 0.6 is 0 Å². The van der Waals surface area contributed by atoms with Crippen molar-refractivity contribution in [3.05, 3.63) is 0 Å². The fourth-order valence-corrected chi connectivity index (χ4v) is 3.03. The molecule has 0 amide bonds. The van der Waals surface area contributed by atoms with Gasteiger partial charge in [-0.1, -0.05) is 40.0 Å². The van der Waals surface area contributed by atoms with Gasteiger partial charge in [-0.2, -0.15) is 0 Å². The van der Waals surface area contributed by atoms with Crippen molar-refractivity contribution >= 4 is 0 Å². The van der Waals surface area contributed by atoms with E-state index in [-0.39, 0.29) is 6.10 Å². The van der Waals surface area contributed by atoms with Gasteiger partial charge in [0.1, 0.15) is 0 Å². The summed E-state index contributed by atoms with van der Waals surface area (Å²) < 4.78 is 0. The molecule has 0 aromatic heterocycles. The van der Waals surface area contributed by atoms with E-state index in [0.29, 0.717) is 11.5 Å². The molecule has 16 heavy (non-hydrogen) atoms. The minimum atomic E-state index is -0.0663. The zero-order valence-electron chi connectivity index (χ0n) is 11.1. The molecule has 1 aliphatic heterocycles. The van der Waals surface area contributed by atoms with Crippen molar-refractivity contribution in [3.8, 4) is 0 Å². The van der Waals surface area contributed by atoms with Crippen molar-refractivity contribution in [1.82, 2.24) is 4.90 Å². The van der Waals surface area contributed by atoms with Gasteiger partial charge in [0.25, 0.3) is 0 Å². The third-order valence-corrected chi connectivity index (χ3v) is 4.55. The van der Waals surface area contributed by atoms with Gasteiger partial charge >= 0.3 is 0 Å². The van der Waals surface area contributed by atoms with Gasteiger partial charge in [-0.05, 0) is 24.2 Å². The van der Waals surface area contributed by atoms with Crippen molar-refractivity contribution in [1.29, 1.82) is 0 Å². The van der Waals surface area contributed by atoms with E-state index in [0.717, 1.165) is 12.3 Å². The summed E-state index contributed by atoms with van der Waals surface area (Å²) in [5.74, 6) is 0.822. The molecule has 1 heterocycles. The van der Waals surface area contributed by atoms with E-state index in [9.17, 15) is 5.11 Å². The molecule has 1 saturated heterocycles. The molecule has 0 aromatic carbocycles. The Morgan fingerprint density at radius 3 is 2.25 bits per heavy atom. The van der Waals surface area contributed by atoms with E-state index in [4.69, 9.17) is 0 Å². The molecule has 2 nitrogen and oxygen atoms in total. The molecule has 2 rings (SSSR count). The second-order valence-electron chi connectivity index (χ2n) is 6.79. The van der Waals surface area contributed by atoms with Gasteiger partial charge in [-0.15, -0.1) is 0 Å². The summed E-state index contributed by atoms with van der Waals surface area (Å²) in [6.45, 7) is 9.39. The first kappa shape index (κ1) is 12.4. The Balaban J connectivity index is 1.86. The Morgan fingerprint density at radius 1 is 1.00 bits per heavy atom. The van der Waals surface area contributed by atoms with Crippen LogP contribution < -0.4 is 0 Å². The van der Waals surface area contributed by atoms with Crippen LogP contribution in [0.2, 0.25) is 0 Å². The predicted molar refractivity (Wildman–Crippen MR) is 67.4 cm³/mol. The predicted octanol–water partition coefficient (Wildman–Crippen LogP) is 2.66. The van der Waals surface area contributed by atoms with Crippen molar-refractivity contribution < 1.29 is 5.11 Å². The SMILES string of the molecule is CC(C)(C)C1CN(C2CCCCCC2O)C1. The number of hydrogen-bond donors (Lipinski definition) is 1. The highest BCUT2D eigenvalue weighted by Crippen LogP contribution is 2.37. The van der Waals surface area contributed by atoms with Crippen LogP contribution in [0.25, 0.3) is 0 Å². The van der Waals surface area contributed by atoms with Gasteiger partial charge < -0.3 is 5.11 Å². The molecule has 1 saturated carbocycles. The van der Waals surface area contributed by atoms with E-state index in [1.54, 1.807) is 0 Å². The summed E-state index contributed by atoms with van der Waals surface area (Å²) in [5, 5.41) is 10.1. The van der Waals surface area contributed by atoms with Crippen LogP contribution in [0, 0.1) is 11.3 Å². The standard InChI is InChI=1S/C14H27NO/c1-14(2,3)11-9-15(10-11)12-7-5-4-6-8-13(12)16/h11-13,16H,4-10H2,1-3H3. The van der Waals surface area contributed by atoms with Crippen LogP contribution in [0.5, 0.6) is 0 Å². The minimum Gasteiger partial charge on any atom is -0.391 e. The van der Waals surface area contributed by atoms with Crippen LogP contribution in [0.1, 0.15) is 52.9 Å². The molecule has 0 radical (unpaired) electrons. The van der Waals surface area contributed by atoms with Gasteiger partial charge in [-0.3, -0.25) is 4.90 Å². The fraction of sp³-hybridized carbons (Fsp3) is 1.00. The highest BCUT2D eigenvalue weighted by molar-refractivity contribution is 4.94. The molecule has 0 spiro atoms. The lowest BCUT2D eigenvalue weighted by Gasteiger charge is -2.50. The maximum atomic E-state index is 10.1. The lowest BCUT2D eigenvalue weighted by Crippen LogP contribution is -2.58. The first-order chi connectivity index (χ1) is 7.48. The number of aliphatic hydroxyl groups excluding tert-OH is 1. The summed E-state index contributed by atoms with van der Waals surface area (Å²) in [5.41, 5.74) is 0.437. The maximum absolute atomic E-state index is 10.1. The van der Waals surface area contributed by atoms with E-state index in [1.807, 2.05) is 0 Å². The Kier molecular flexibility index (Phi) is 3.60. The molecule has 2 aliphatic rings. The molecule has 0 aromatic rings. The van der Waals surface area contributed by atoms with Crippen molar-refractivity contribution in [3.63, 3.8) is 0 Å². The monoisotopic (exact) mass is 225 g/mol. The third kappa shape index (κ3) is 2.60. The molecule has 1 aliphatic carbocycles. The van der Waals surface area contributed by atoms with Crippen LogP contribution in [-0.4, -0.2) is 35.2 Å². The van der Waals surface area contributed by atoms with Crippen LogP contribution in [0.4, 0.5) is 0 Å². The Labute approximate surface area is 100 Å². The first-order valence-electron chi connectivity index (χ1n) is 6.90. The summed E-state index contributed by atoms with van der Waals surface area (Å²) >= 11 is 0. The number of likely N-dealkylation sites (tertiary alicyclic amines) is 1. The zero-order chi connectivity index (χ0) is 11.8. The smallest absolute Gasteiger partial charge is 0.0695 e. The molecule has 2 fully saturated rings. The molecule has 2 unspecified atom stereocenters. The molecule has 2 atom stereocenters. The van der Waals surface area contributed by atoms with Gasteiger partial charge in [0.2, 0.25) is 0 Å². The summed E-state index contributed by atoms with van der Waals surface area (Å²) in [7, 11) is 0. The second kappa shape index (κ2) is 4.66. The highest BCUT2D eigenvalue weighted by Gasteiger charge is 2.40. The lowest BCUT2D eigenvalue weighted by atomic mass is 9.75. The third-order valence-electron chi connectivity index (χ3n) is 4.55. The van der Waals surface area contributed by atoms with Crippen LogP contribution in [-0.2, 0) is 0 Å². The summed E-state index contributed by atoms with van der Waals surface area (Å²) in [4.78, 5) is 2.52. The van der Waals surface area contributed by atoms with E-state index in [2.05, 4.69) is 25.7 Å². The van der Waals surface area contributed by atoms with E-state index < -0.39 is 0 Å². The maximum Gasteiger partial charge on any atom is 0.0695 e. The Morgan fingerprint density at radius 2 is 1.62 bits per heavy atom. The summed E-state index contributed by atoms with van der Waals surface area (Å²) in [6, 6.07) is 0.459. The highest BCUT2D eigenvalue weighted by atomic mass is 16.3. The van der Waals surface area contributed by atoms with Gasteiger partial charge in [0.05, 0.1) is 6.10 Å². The average Bonchev–Trinajstić information content (AvgIpc) is 2.27. The van der Waals surface area contributed by atoms with Crippen molar-refractivity contribution in [2.75, 3.05) is 13.1 Å². The minimum absolute atomic E-state index is 0.0663. The number of rotatable bonds is 1. The van der Waals surface area contributed by atoms with Gasteiger partial charge in [-0.25, -0.2) is 0 Å². The largest absolute Gasteiger partial charge is 0.391 e. The van der Waals surface area contributed by atoms with Gasteiger partial charge in [0.15, 0.2) is 0 Å². The van der Waals surface area contributed by atoms with Crippen LogP contribution in [0.3, 0.4) is 0 Å². The zero-order valence-corrected chi connectivity index (χ0v) is 11.1. The van der Waals surface area contributed by atoms with E-state index in [1.165, 1.54) is 38.8 Å². The molecular formula is C14H27NO. The van der Waals surface area contributed by atoms with Crippen molar-refractivity contribution in [2.45, 2.75) is 65.0 Å². The topological polar surface area (TPSA) is 23.5 Å². The number of aliphatic hydroxyl groups is 1. The Bertz CT molecular complexity index is 227. The van der Waals surface area contributed by atoms with Gasteiger partial charge in [0, 0.05) is 19.1 Å².